The zero-order valence-electron chi connectivity index (χ0n) is 9.09. The maximum Gasteiger partial charge on any atom is 0.143 e. The molecule has 0 saturated heterocycles. The van der Waals surface area contributed by atoms with Crippen molar-refractivity contribution in [2.45, 2.75) is 13.8 Å². The van der Waals surface area contributed by atoms with E-state index in [1.165, 1.54) is 22.0 Å². The van der Waals surface area contributed by atoms with E-state index in [0.717, 1.165) is 5.75 Å². The molecule has 14 heavy (non-hydrogen) atoms. The number of hydrogen-bond acceptors (Lipinski definition) is 1. The molecule has 2 nitrogen and oxygen atoms in total. The van der Waals surface area contributed by atoms with Gasteiger partial charge in [-0.15, -0.1) is 0 Å². The van der Waals surface area contributed by atoms with Crippen molar-refractivity contribution in [2.24, 2.45) is 7.05 Å². The third-order valence-electron chi connectivity index (χ3n) is 2.70. The third kappa shape index (κ3) is 1.10. The lowest BCUT2D eigenvalue weighted by Crippen LogP contribution is -1.90. The second-order valence-electron chi connectivity index (χ2n) is 3.73. The van der Waals surface area contributed by atoms with Crippen LogP contribution in [0.4, 0.5) is 0 Å². The highest BCUT2D eigenvalue weighted by Gasteiger charge is 2.10. The molecule has 0 atom stereocenters. The lowest BCUT2D eigenvalue weighted by atomic mass is 10.1. The average Bonchev–Trinajstić information content (AvgIpc) is 2.44. The van der Waals surface area contributed by atoms with Crippen molar-refractivity contribution in [3.8, 4) is 5.75 Å². The van der Waals surface area contributed by atoms with Gasteiger partial charge in [0.2, 0.25) is 0 Å². The van der Waals surface area contributed by atoms with Gasteiger partial charge >= 0.3 is 0 Å². The summed E-state index contributed by atoms with van der Waals surface area (Å²) >= 11 is 0. The van der Waals surface area contributed by atoms with Gasteiger partial charge in [-0.05, 0) is 31.0 Å². The number of aryl methyl sites for hydroxylation is 3. The van der Waals surface area contributed by atoms with Gasteiger partial charge in [-0.3, -0.25) is 0 Å². The van der Waals surface area contributed by atoms with Crippen LogP contribution in [0.25, 0.3) is 10.9 Å². The second kappa shape index (κ2) is 3.05. The number of nitrogens with zero attached hydrogens (tertiary/aromatic N) is 1. The summed E-state index contributed by atoms with van der Waals surface area (Å²) in [7, 11) is 3.77. The molecule has 74 valence electrons. The van der Waals surface area contributed by atoms with Crippen molar-refractivity contribution in [1.82, 2.24) is 4.57 Å². The fraction of sp³-hybridized carbons (Fsp3) is 0.333. The van der Waals surface area contributed by atoms with Crippen molar-refractivity contribution < 1.29 is 4.74 Å². The molecular weight excluding hydrogens is 174 g/mol. The Morgan fingerprint density at radius 1 is 1.14 bits per heavy atom. The molecular formula is C12H15NO. The first-order valence-electron chi connectivity index (χ1n) is 4.74. The zero-order valence-corrected chi connectivity index (χ0v) is 9.09. The van der Waals surface area contributed by atoms with Crippen molar-refractivity contribution in [2.75, 3.05) is 7.11 Å². The Bertz CT molecular complexity index is 483. The van der Waals surface area contributed by atoms with E-state index >= 15 is 0 Å². The van der Waals surface area contributed by atoms with Gasteiger partial charge in [-0.1, -0.05) is 6.07 Å². The van der Waals surface area contributed by atoms with Gasteiger partial charge in [0.1, 0.15) is 5.75 Å². The molecule has 0 fully saturated rings. The summed E-state index contributed by atoms with van der Waals surface area (Å²) < 4.78 is 7.48. The molecule has 1 heterocycles. The van der Waals surface area contributed by atoms with E-state index in [9.17, 15) is 0 Å². The number of aromatic nitrogens is 1. The van der Waals surface area contributed by atoms with E-state index < -0.39 is 0 Å². The molecule has 1 aromatic carbocycles. The molecule has 0 saturated carbocycles. The predicted octanol–water partition coefficient (Wildman–Crippen LogP) is 2.80. The minimum absolute atomic E-state index is 0.946. The van der Waals surface area contributed by atoms with E-state index in [-0.39, 0.29) is 0 Å². The number of ether oxygens (including phenoxy) is 1. The summed E-state index contributed by atoms with van der Waals surface area (Å²) in [6.45, 7) is 4.27. The molecule has 0 aliphatic carbocycles. The first-order chi connectivity index (χ1) is 6.65. The Morgan fingerprint density at radius 2 is 1.86 bits per heavy atom. The molecule has 0 unspecified atom stereocenters. The quantitative estimate of drug-likeness (QED) is 0.672. The number of rotatable bonds is 1. The predicted molar refractivity (Wildman–Crippen MR) is 58.9 cm³/mol. The summed E-state index contributed by atoms with van der Waals surface area (Å²) in [5, 5.41) is 1.31. The molecule has 2 aromatic rings. The van der Waals surface area contributed by atoms with Crippen LogP contribution in [0.2, 0.25) is 0 Å². The first kappa shape index (κ1) is 9.13. The van der Waals surface area contributed by atoms with Gasteiger partial charge in [-0.2, -0.15) is 0 Å². The van der Waals surface area contributed by atoms with Gasteiger partial charge in [0.05, 0.1) is 12.6 Å². The summed E-state index contributed by atoms with van der Waals surface area (Å²) in [6, 6.07) is 4.13. The Balaban J connectivity index is 2.94. The molecule has 0 amide bonds. The topological polar surface area (TPSA) is 14.2 Å². The maximum absolute atomic E-state index is 5.36. The van der Waals surface area contributed by atoms with Crippen molar-refractivity contribution >= 4 is 10.9 Å². The lowest BCUT2D eigenvalue weighted by molar-refractivity contribution is 0.418. The van der Waals surface area contributed by atoms with E-state index in [0.29, 0.717) is 0 Å². The summed E-state index contributed by atoms with van der Waals surface area (Å²) in [5.41, 5.74) is 3.79. The number of fused-ring (bicyclic) bond motifs is 1. The van der Waals surface area contributed by atoms with Crippen LogP contribution in [-0.2, 0) is 7.05 Å². The smallest absolute Gasteiger partial charge is 0.143 e. The first-order valence-corrected chi connectivity index (χ1v) is 4.74. The van der Waals surface area contributed by atoms with Gasteiger partial charge in [-0.25, -0.2) is 0 Å². The van der Waals surface area contributed by atoms with Gasteiger partial charge in [0.25, 0.3) is 0 Å². The molecule has 0 bridgehead atoms. The lowest BCUT2D eigenvalue weighted by Gasteiger charge is -2.06. The molecule has 0 spiro atoms. The highest BCUT2D eigenvalue weighted by molar-refractivity contribution is 5.91. The maximum atomic E-state index is 5.36. The minimum Gasteiger partial charge on any atom is -0.495 e. The highest BCUT2D eigenvalue weighted by atomic mass is 16.5. The number of benzene rings is 1. The molecule has 0 N–H and O–H groups in total. The zero-order chi connectivity index (χ0) is 10.3. The van der Waals surface area contributed by atoms with Crippen LogP contribution in [0.5, 0.6) is 5.75 Å². The monoisotopic (exact) mass is 189 g/mol. The van der Waals surface area contributed by atoms with Crippen molar-refractivity contribution in [1.29, 1.82) is 0 Å². The molecule has 0 radical (unpaired) electrons. The minimum atomic E-state index is 0.946. The SMILES string of the molecule is COc1ccc(C)c2c(C)cn(C)c12. The fourth-order valence-electron chi connectivity index (χ4n) is 2.11. The third-order valence-corrected chi connectivity index (χ3v) is 2.70. The van der Waals surface area contributed by atoms with Crippen LogP contribution in [0.3, 0.4) is 0 Å². The van der Waals surface area contributed by atoms with E-state index in [1.54, 1.807) is 7.11 Å². The Kier molecular flexibility index (Phi) is 1.99. The van der Waals surface area contributed by atoms with Crippen LogP contribution in [0.15, 0.2) is 18.3 Å². The van der Waals surface area contributed by atoms with Crippen LogP contribution in [-0.4, -0.2) is 11.7 Å². The number of methoxy groups -OCH3 is 1. The summed E-state index contributed by atoms with van der Waals surface area (Å²) in [4.78, 5) is 0. The van der Waals surface area contributed by atoms with Gasteiger partial charge in [0, 0.05) is 18.6 Å². The van der Waals surface area contributed by atoms with Crippen LogP contribution in [0, 0.1) is 13.8 Å². The molecule has 0 aliphatic rings. The number of hydrogen-bond donors (Lipinski definition) is 0. The standard InChI is InChI=1S/C12H15NO/c1-8-5-6-10(14-4)12-11(8)9(2)7-13(12)3/h5-7H,1-4H3. The normalized spacial score (nSPS) is 10.9. The molecule has 2 heteroatoms. The summed E-state index contributed by atoms with van der Waals surface area (Å²) in [5.74, 6) is 0.946. The largest absolute Gasteiger partial charge is 0.495 e. The Hall–Kier alpha value is -1.44. The average molecular weight is 189 g/mol. The molecule has 0 aliphatic heterocycles. The van der Waals surface area contributed by atoms with Crippen LogP contribution < -0.4 is 4.74 Å². The van der Waals surface area contributed by atoms with Crippen molar-refractivity contribution in [3.05, 3.63) is 29.5 Å². The fourth-order valence-corrected chi connectivity index (χ4v) is 2.11. The van der Waals surface area contributed by atoms with E-state index in [2.05, 4.69) is 37.7 Å². The van der Waals surface area contributed by atoms with Crippen LogP contribution >= 0.6 is 0 Å². The van der Waals surface area contributed by atoms with Gasteiger partial charge in [0.15, 0.2) is 0 Å². The highest BCUT2D eigenvalue weighted by Crippen LogP contribution is 2.31. The van der Waals surface area contributed by atoms with Crippen molar-refractivity contribution in [3.63, 3.8) is 0 Å². The van der Waals surface area contributed by atoms with Gasteiger partial charge < -0.3 is 9.30 Å². The summed E-state index contributed by atoms with van der Waals surface area (Å²) in [6.07, 6.45) is 2.14. The second-order valence-corrected chi connectivity index (χ2v) is 3.73. The van der Waals surface area contributed by atoms with E-state index in [1.807, 2.05) is 6.07 Å². The Labute approximate surface area is 84.1 Å². The molecule has 2 rings (SSSR count). The van der Waals surface area contributed by atoms with Crippen LogP contribution in [0.1, 0.15) is 11.1 Å². The molecule has 1 aromatic heterocycles. The van der Waals surface area contributed by atoms with E-state index in [4.69, 9.17) is 4.74 Å². The Morgan fingerprint density at radius 3 is 2.50 bits per heavy atom.